The molecule has 0 saturated carbocycles. The highest BCUT2D eigenvalue weighted by Crippen LogP contribution is 2.39. The predicted octanol–water partition coefficient (Wildman–Crippen LogP) is 5.73. The normalized spacial score (nSPS) is 15.6. The van der Waals surface area contributed by atoms with E-state index >= 15 is 0 Å². The summed E-state index contributed by atoms with van der Waals surface area (Å²) in [5, 5.41) is 0. The molecule has 0 saturated heterocycles. The maximum atomic E-state index is 13.4. The molecule has 3 aromatic rings. The summed E-state index contributed by atoms with van der Waals surface area (Å²) in [5.41, 5.74) is 1.51. The zero-order valence-corrected chi connectivity index (χ0v) is 20.8. The monoisotopic (exact) mass is 538 g/mol. The predicted molar refractivity (Wildman–Crippen MR) is 130 cm³/mol. The second kappa shape index (κ2) is 11.1. The molecule has 0 radical (unpaired) electrons. The van der Waals surface area contributed by atoms with Gasteiger partial charge in [0.15, 0.2) is 0 Å². The van der Waals surface area contributed by atoms with E-state index in [1.54, 1.807) is 13.2 Å². The van der Waals surface area contributed by atoms with Crippen LogP contribution in [0.4, 0.5) is 23.4 Å². The molecule has 6 nitrogen and oxygen atoms in total. The fourth-order valence-electron chi connectivity index (χ4n) is 4.39. The Bertz CT molecular complexity index is 1360. The fraction of sp³-hybridized carbons (Fsp3) is 0.346. The van der Waals surface area contributed by atoms with E-state index in [0.29, 0.717) is 50.2 Å². The van der Waals surface area contributed by atoms with Gasteiger partial charge in [-0.2, -0.15) is 17.6 Å². The number of anilines is 1. The summed E-state index contributed by atoms with van der Waals surface area (Å²) in [6.07, 6.45) is -2.29. The zero-order valence-electron chi connectivity index (χ0n) is 20.0. The molecule has 2 aromatic carbocycles. The van der Waals surface area contributed by atoms with E-state index in [-0.39, 0.29) is 16.6 Å². The van der Waals surface area contributed by atoms with E-state index in [9.17, 15) is 26.0 Å². The van der Waals surface area contributed by atoms with E-state index < -0.39 is 27.7 Å². The van der Waals surface area contributed by atoms with Crippen LogP contribution >= 0.6 is 0 Å². The van der Waals surface area contributed by atoms with E-state index in [1.807, 2.05) is 0 Å². The van der Waals surface area contributed by atoms with Crippen molar-refractivity contribution >= 4 is 15.8 Å². The Labute approximate surface area is 212 Å². The quantitative estimate of drug-likeness (QED) is 0.214. The molecule has 1 aliphatic heterocycles. The van der Waals surface area contributed by atoms with Gasteiger partial charge in [-0.15, -0.1) is 0 Å². The Kier molecular flexibility index (Phi) is 8.03. The molecule has 4 rings (SSSR count). The number of hydrogen-bond acceptors (Lipinski definition) is 5. The number of halogens is 4. The van der Waals surface area contributed by atoms with Gasteiger partial charge in [-0.3, -0.25) is 4.72 Å². The van der Waals surface area contributed by atoms with Crippen molar-refractivity contribution < 1.29 is 35.5 Å². The summed E-state index contributed by atoms with van der Waals surface area (Å²) in [4.78, 5) is 3.44. The second-order valence-electron chi connectivity index (χ2n) is 8.77. The van der Waals surface area contributed by atoms with E-state index in [1.165, 1.54) is 36.4 Å². The van der Waals surface area contributed by atoms with Gasteiger partial charge in [0, 0.05) is 19.8 Å². The summed E-state index contributed by atoms with van der Waals surface area (Å²) >= 11 is 0. The third kappa shape index (κ3) is 6.58. The van der Waals surface area contributed by atoms with Gasteiger partial charge >= 0.3 is 6.18 Å². The van der Waals surface area contributed by atoms with Crippen LogP contribution < -0.4 is 9.46 Å². The van der Waals surface area contributed by atoms with Crippen molar-refractivity contribution in [3.8, 4) is 5.75 Å². The molecule has 1 N–H and O–H groups in total. The molecular formula is C26H26F4N2O4S. The molecule has 11 heteroatoms. The lowest BCUT2D eigenvalue weighted by Gasteiger charge is -2.27. The molecule has 0 fully saturated rings. The number of pyridine rings is 1. The van der Waals surface area contributed by atoms with Crippen molar-refractivity contribution in [3.05, 3.63) is 82.8 Å². The van der Waals surface area contributed by atoms with Crippen molar-refractivity contribution in [1.82, 2.24) is 4.98 Å². The summed E-state index contributed by atoms with van der Waals surface area (Å²) < 4.78 is 92.0. The lowest BCUT2D eigenvalue weighted by atomic mass is 9.85. The van der Waals surface area contributed by atoms with Gasteiger partial charge in [-0.25, -0.2) is 13.4 Å². The van der Waals surface area contributed by atoms with Crippen LogP contribution in [-0.2, 0) is 33.8 Å². The lowest BCUT2D eigenvalue weighted by molar-refractivity contribution is -0.137. The van der Waals surface area contributed by atoms with Crippen molar-refractivity contribution in [2.45, 2.75) is 42.7 Å². The van der Waals surface area contributed by atoms with Gasteiger partial charge in [0.1, 0.15) is 11.6 Å². The average Bonchev–Trinajstić information content (AvgIpc) is 2.84. The number of rotatable bonds is 9. The molecular weight excluding hydrogens is 512 g/mol. The summed E-state index contributed by atoms with van der Waals surface area (Å²) in [6, 6.07) is 12.1. The number of methoxy groups -OCH3 is 1. The minimum Gasteiger partial charge on any atom is -0.493 e. The molecule has 2 heterocycles. The first-order chi connectivity index (χ1) is 17.6. The first-order valence-corrected chi connectivity index (χ1v) is 13.1. The number of aryl methyl sites for hydroxylation is 1. The Balaban J connectivity index is 1.59. The van der Waals surface area contributed by atoms with Crippen molar-refractivity contribution in [2.75, 3.05) is 25.0 Å². The van der Waals surface area contributed by atoms with Crippen molar-refractivity contribution in [3.63, 3.8) is 0 Å². The molecule has 1 unspecified atom stereocenters. The third-order valence-corrected chi connectivity index (χ3v) is 7.56. The van der Waals surface area contributed by atoms with Crippen molar-refractivity contribution in [1.29, 1.82) is 0 Å². The average molecular weight is 539 g/mol. The van der Waals surface area contributed by atoms with Crippen LogP contribution in [-0.4, -0.2) is 33.7 Å². The van der Waals surface area contributed by atoms with E-state index in [0.717, 1.165) is 23.3 Å². The van der Waals surface area contributed by atoms with Crippen LogP contribution in [0.1, 0.15) is 41.0 Å². The lowest BCUT2D eigenvalue weighted by Crippen LogP contribution is -2.19. The number of benzene rings is 2. The molecule has 1 aliphatic rings. The van der Waals surface area contributed by atoms with Crippen molar-refractivity contribution in [2.24, 2.45) is 0 Å². The first kappa shape index (κ1) is 26.9. The Morgan fingerprint density at radius 1 is 1.11 bits per heavy atom. The highest BCUT2D eigenvalue weighted by molar-refractivity contribution is 7.92. The van der Waals surface area contributed by atoms with E-state index in [2.05, 4.69) is 9.71 Å². The van der Waals surface area contributed by atoms with Gasteiger partial charge in [0.2, 0.25) is 5.95 Å². The smallest absolute Gasteiger partial charge is 0.416 e. The number of nitrogens with one attached hydrogen (secondary N) is 1. The number of nitrogens with zero attached hydrogens (tertiary/aromatic N) is 1. The molecule has 0 aliphatic carbocycles. The molecule has 0 spiro atoms. The van der Waals surface area contributed by atoms with Crippen LogP contribution in [0.25, 0.3) is 0 Å². The topological polar surface area (TPSA) is 77.5 Å². The number of sulfonamides is 1. The number of ether oxygens (including phenoxy) is 2. The molecule has 0 amide bonds. The standard InChI is InChI=1S/C26H26F4N2O4S/c1-35-12-3-4-17-15-20(26(28,29)30)8-7-18(17)14-19-11-13-36-23-16-21(9-10-22(19)23)37(33,34)32-25-6-2-5-24(27)31-25/h2,5-10,15-16,19H,3-4,11-14H2,1H3,(H,31,32). The Hall–Kier alpha value is -3.18. The number of alkyl halides is 3. The van der Waals surface area contributed by atoms with Crippen LogP contribution in [0.5, 0.6) is 5.75 Å². The third-order valence-electron chi connectivity index (χ3n) is 6.21. The SMILES string of the molecule is COCCCc1cc(C(F)(F)F)ccc1CC1CCOc2cc(S(=O)(=O)Nc3cccc(F)n3)ccc21. The summed E-state index contributed by atoms with van der Waals surface area (Å²) in [5.74, 6) is -0.656. The molecule has 1 aromatic heterocycles. The maximum Gasteiger partial charge on any atom is 0.416 e. The summed E-state index contributed by atoms with van der Waals surface area (Å²) in [6.45, 7) is 0.770. The van der Waals surface area contributed by atoms with Crippen LogP contribution in [0.2, 0.25) is 0 Å². The molecule has 0 bridgehead atoms. The Morgan fingerprint density at radius 2 is 1.92 bits per heavy atom. The van der Waals surface area contributed by atoms with Crippen LogP contribution in [0.3, 0.4) is 0 Å². The van der Waals surface area contributed by atoms with Crippen LogP contribution in [0.15, 0.2) is 59.5 Å². The molecule has 1 atom stereocenters. The highest BCUT2D eigenvalue weighted by Gasteiger charge is 2.31. The van der Waals surface area contributed by atoms with Gasteiger partial charge in [0.05, 0.1) is 17.1 Å². The van der Waals surface area contributed by atoms with Gasteiger partial charge in [-0.1, -0.05) is 18.2 Å². The minimum absolute atomic E-state index is 0.0729. The number of hydrogen-bond donors (Lipinski definition) is 1. The second-order valence-corrected chi connectivity index (χ2v) is 10.4. The molecule has 198 valence electrons. The molecule has 37 heavy (non-hydrogen) atoms. The van der Waals surface area contributed by atoms with Gasteiger partial charge in [-0.05, 0) is 78.6 Å². The first-order valence-electron chi connectivity index (χ1n) is 11.7. The van der Waals surface area contributed by atoms with E-state index in [4.69, 9.17) is 9.47 Å². The minimum atomic E-state index is -4.43. The fourth-order valence-corrected chi connectivity index (χ4v) is 5.41. The zero-order chi connectivity index (χ0) is 26.6. The maximum absolute atomic E-state index is 13.4. The van der Waals surface area contributed by atoms with Crippen LogP contribution in [0, 0.1) is 5.95 Å². The van der Waals surface area contributed by atoms with Gasteiger partial charge in [0.25, 0.3) is 10.0 Å². The number of fused-ring (bicyclic) bond motifs is 1. The number of aromatic nitrogens is 1. The highest BCUT2D eigenvalue weighted by atomic mass is 32.2. The largest absolute Gasteiger partial charge is 0.493 e. The Morgan fingerprint density at radius 3 is 2.65 bits per heavy atom. The summed E-state index contributed by atoms with van der Waals surface area (Å²) in [7, 11) is -2.51. The van der Waals surface area contributed by atoms with Gasteiger partial charge < -0.3 is 9.47 Å².